The Bertz CT molecular complexity index is 913. The Morgan fingerprint density at radius 3 is 2.52 bits per heavy atom. The van der Waals surface area contributed by atoms with Gasteiger partial charge in [-0.3, -0.25) is 9.36 Å². The SMILES string of the molecule is Cl.NCCCNC(=O)c1ccc(Nc2ccn(CCCCN3CCC(N)CC3)c(=O)n2)nc1. The van der Waals surface area contributed by atoms with Crippen molar-refractivity contribution in [1.29, 1.82) is 0 Å². The molecule has 0 atom stereocenters. The molecule has 11 heteroatoms. The van der Waals surface area contributed by atoms with Crippen LogP contribution in [0.2, 0.25) is 0 Å². The van der Waals surface area contributed by atoms with Gasteiger partial charge in [0.2, 0.25) is 0 Å². The molecule has 10 nitrogen and oxygen atoms in total. The van der Waals surface area contributed by atoms with E-state index in [0.717, 1.165) is 51.7 Å². The van der Waals surface area contributed by atoms with Crippen molar-refractivity contribution in [3.63, 3.8) is 0 Å². The quantitative estimate of drug-likeness (QED) is 0.351. The summed E-state index contributed by atoms with van der Waals surface area (Å²) >= 11 is 0. The second kappa shape index (κ2) is 13.9. The van der Waals surface area contributed by atoms with E-state index in [1.165, 1.54) is 6.20 Å². The van der Waals surface area contributed by atoms with E-state index in [4.69, 9.17) is 11.5 Å². The predicted octanol–water partition coefficient (Wildman–Crippen LogP) is 1.09. The largest absolute Gasteiger partial charge is 0.352 e. The van der Waals surface area contributed by atoms with Gasteiger partial charge in [-0.15, -0.1) is 12.4 Å². The highest BCUT2D eigenvalue weighted by atomic mass is 35.5. The number of likely N-dealkylation sites (tertiary alicyclic amines) is 1. The lowest BCUT2D eigenvalue weighted by molar-refractivity contribution is 0.0953. The van der Waals surface area contributed by atoms with E-state index in [2.05, 4.69) is 25.5 Å². The van der Waals surface area contributed by atoms with Crippen LogP contribution in [0.25, 0.3) is 0 Å². The zero-order chi connectivity index (χ0) is 22.8. The van der Waals surface area contributed by atoms with Gasteiger partial charge in [0, 0.05) is 31.5 Å². The minimum Gasteiger partial charge on any atom is -0.352 e. The maximum absolute atomic E-state index is 12.3. The summed E-state index contributed by atoms with van der Waals surface area (Å²) in [7, 11) is 0. The van der Waals surface area contributed by atoms with Crippen LogP contribution in [-0.2, 0) is 6.54 Å². The number of halogens is 1. The average molecular weight is 479 g/mol. The summed E-state index contributed by atoms with van der Waals surface area (Å²) in [5.74, 6) is 0.736. The van der Waals surface area contributed by atoms with Crippen LogP contribution in [0.3, 0.4) is 0 Å². The van der Waals surface area contributed by atoms with Crippen molar-refractivity contribution in [2.45, 2.75) is 44.7 Å². The van der Waals surface area contributed by atoms with Gasteiger partial charge in [-0.1, -0.05) is 0 Å². The van der Waals surface area contributed by atoms with Gasteiger partial charge in [-0.25, -0.2) is 9.78 Å². The van der Waals surface area contributed by atoms with Crippen molar-refractivity contribution in [2.24, 2.45) is 11.5 Å². The fourth-order valence-corrected chi connectivity index (χ4v) is 3.60. The molecule has 0 radical (unpaired) electrons. The highest BCUT2D eigenvalue weighted by Gasteiger charge is 2.15. The van der Waals surface area contributed by atoms with Crippen LogP contribution in [0.4, 0.5) is 11.6 Å². The fourth-order valence-electron chi connectivity index (χ4n) is 3.60. The maximum atomic E-state index is 12.3. The molecule has 0 saturated carbocycles. The third-order valence-corrected chi connectivity index (χ3v) is 5.58. The van der Waals surface area contributed by atoms with E-state index in [1.54, 1.807) is 29.0 Å². The van der Waals surface area contributed by atoms with Gasteiger partial charge in [0.1, 0.15) is 11.6 Å². The fraction of sp³-hybridized carbons (Fsp3) is 0.545. The summed E-state index contributed by atoms with van der Waals surface area (Å²) in [6, 6.07) is 5.45. The van der Waals surface area contributed by atoms with E-state index < -0.39 is 0 Å². The molecule has 1 aliphatic heterocycles. The lowest BCUT2D eigenvalue weighted by atomic mass is 10.1. The molecule has 0 aromatic carbocycles. The van der Waals surface area contributed by atoms with Crippen molar-refractivity contribution in [2.75, 3.05) is 38.0 Å². The van der Waals surface area contributed by atoms with Crippen molar-refractivity contribution in [3.05, 3.63) is 46.6 Å². The van der Waals surface area contributed by atoms with Gasteiger partial charge in [-0.05, 0) is 76.5 Å². The molecule has 3 rings (SSSR count). The number of carbonyl (C=O) groups is 1. The number of nitrogens with two attached hydrogens (primary N) is 2. The number of anilines is 2. The summed E-state index contributed by atoms with van der Waals surface area (Å²) in [5.41, 5.74) is 11.5. The van der Waals surface area contributed by atoms with Gasteiger partial charge in [0.15, 0.2) is 0 Å². The molecule has 3 heterocycles. The molecule has 0 spiro atoms. The number of rotatable bonds is 11. The molecule has 33 heavy (non-hydrogen) atoms. The smallest absolute Gasteiger partial charge is 0.349 e. The minimum atomic E-state index is -0.296. The Balaban J connectivity index is 0.00000385. The molecule has 6 N–H and O–H groups in total. The molecular weight excluding hydrogens is 444 g/mol. The standard InChI is InChI=1S/C22H34N8O2.ClH/c23-9-3-10-25-21(31)17-4-5-19(26-16-17)27-20-8-15-30(22(32)28-20)12-2-1-11-29-13-6-18(24)7-14-29;/h4-5,8,15-16,18H,1-3,6-7,9-14,23-24H2,(H,25,31)(H,26,27,28,32);1H. The zero-order valence-electron chi connectivity index (χ0n) is 18.9. The lowest BCUT2D eigenvalue weighted by Gasteiger charge is -2.29. The van der Waals surface area contributed by atoms with E-state index >= 15 is 0 Å². The molecule has 1 aliphatic rings. The first kappa shape index (κ1) is 26.7. The number of aromatic nitrogens is 3. The van der Waals surface area contributed by atoms with Crippen molar-refractivity contribution >= 4 is 29.9 Å². The first-order chi connectivity index (χ1) is 15.5. The van der Waals surface area contributed by atoms with E-state index in [9.17, 15) is 9.59 Å². The molecule has 1 saturated heterocycles. The van der Waals surface area contributed by atoms with Gasteiger partial charge < -0.3 is 27.0 Å². The summed E-state index contributed by atoms with van der Waals surface area (Å²) in [6.07, 6.45) is 8.05. The van der Waals surface area contributed by atoms with Gasteiger partial charge in [0.25, 0.3) is 5.91 Å². The molecule has 2 aromatic rings. The van der Waals surface area contributed by atoms with Crippen molar-refractivity contribution < 1.29 is 4.79 Å². The molecule has 1 amide bonds. The molecule has 2 aromatic heterocycles. The monoisotopic (exact) mass is 478 g/mol. The third-order valence-electron chi connectivity index (χ3n) is 5.58. The maximum Gasteiger partial charge on any atom is 0.349 e. The third kappa shape index (κ3) is 8.73. The summed E-state index contributed by atoms with van der Waals surface area (Å²) < 4.78 is 1.62. The number of unbranched alkanes of at least 4 members (excludes halogenated alkanes) is 1. The van der Waals surface area contributed by atoms with Gasteiger partial charge in [-0.2, -0.15) is 4.98 Å². The van der Waals surface area contributed by atoms with Gasteiger partial charge >= 0.3 is 5.69 Å². The molecule has 0 aliphatic carbocycles. The van der Waals surface area contributed by atoms with Crippen LogP contribution in [0.5, 0.6) is 0 Å². The second-order valence-electron chi connectivity index (χ2n) is 8.13. The van der Waals surface area contributed by atoms with Crippen LogP contribution in [-0.4, -0.2) is 64.1 Å². The minimum absolute atomic E-state index is 0. The second-order valence-corrected chi connectivity index (χ2v) is 8.13. The Hall–Kier alpha value is -2.53. The normalized spacial score (nSPS) is 14.5. The number of nitrogens with one attached hydrogen (secondary N) is 2. The number of carbonyl (C=O) groups excluding carboxylic acids is 1. The molecule has 0 bridgehead atoms. The molecule has 182 valence electrons. The van der Waals surface area contributed by atoms with Crippen LogP contribution < -0.4 is 27.8 Å². The molecule has 1 fully saturated rings. The van der Waals surface area contributed by atoms with Crippen LogP contribution in [0.1, 0.15) is 42.5 Å². The van der Waals surface area contributed by atoms with E-state index in [-0.39, 0.29) is 24.0 Å². The van der Waals surface area contributed by atoms with E-state index in [0.29, 0.717) is 42.9 Å². The average Bonchev–Trinajstić information content (AvgIpc) is 2.80. The number of nitrogens with zero attached hydrogens (tertiary/aromatic N) is 4. The highest BCUT2D eigenvalue weighted by molar-refractivity contribution is 5.94. The predicted molar refractivity (Wildman–Crippen MR) is 132 cm³/mol. The van der Waals surface area contributed by atoms with Crippen molar-refractivity contribution in [3.8, 4) is 0 Å². The number of aryl methyl sites for hydroxylation is 1. The first-order valence-electron chi connectivity index (χ1n) is 11.3. The van der Waals surface area contributed by atoms with Crippen LogP contribution in [0, 0.1) is 0 Å². The first-order valence-corrected chi connectivity index (χ1v) is 11.3. The molecular formula is C22H35ClN8O2. The number of hydrogen-bond donors (Lipinski definition) is 4. The highest BCUT2D eigenvalue weighted by Crippen LogP contribution is 2.12. The van der Waals surface area contributed by atoms with Crippen molar-refractivity contribution in [1.82, 2.24) is 24.8 Å². The summed E-state index contributed by atoms with van der Waals surface area (Å²) in [5, 5.41) is 5.78. The lowest BCUT2D eigenvalue weighted by Crippen LogP contribution is -2.40. The number of pyridine rings is 1. The number of piperidine rings is 1. The Kier molecular flexibility index (Phi) is 11.2. The topological polar surface area (TPSA) is 144 Å². The van der Waals surface area contributed by atoms with Crippen LogP contribution in [0.15, 0.2) is 35.4 Å². The Labute approximate surface area is 200 Å². The zero-order valence-corrected chi connectivity index (χ0v) is 19.7. The van der Waals surface area contributed by atoms with E-state index in [1.807, 2.05) is 0 Å². The van der Waals surface area contributed by atoms with Gasteiger partial charge in [0.05, 0.1) is 5.56 Å². The summed E-state index contributed by atoms with van der Waals surface area (Å²) in [6.45, 7) is 4.88. The number of hydrogen-bond acceptors (Lipinski definition) is 8. The number of amides is 1. The van der Waals surface area contributed by atoms with Crippen LogP contribution >= 0.6 is 12.4 Å². The summed E-state index contributed by atoms with van der Waals surface area (Å²) in [4.78, 5) is 35.1. The Morgan fingerprint density at radius 1 is 1.09 bits per heavy atom. The molecule has 0 unspecified atom stereocenters. The Morgan fingerprint density at radius 2 is 1.85 bits per heavy atom.